The quantitative estimate of drug-likeness (QED) is 0.435. The molecular formula is C18H30N6O4. The summed E-state index contributed by atoms with van der Waals surface area (Å²) in [5.74, 6) is -0.413. The highest BCUT2D eigenvalue weighted by Gasteiger charge is 2.34. The number of ether oxygens (including phenoxy) is 1. The first kappa shape index (κ1) is 21.8. The second-order valence-electron chi connectivity index (χ2n) is 8.25. The lowest BCUT2D eigenvalue weighted by molar-refractivity contribution is -0.141. The predicted molar refractivity (Wildman–Crippen MR) is 102 cm³/mol. The zero-order valence-electron chi connectivity index (χ0n) is 16.9. The van der Waals surface area contributed by atoms with Crippen LogP contribution in [0.25, 0.3) is 10.4 Å². The molecule has 0 aromatic heterocycles. The highest BCUT2D eigenvalue weighted by Crippen LogP contribution is 2.19. The van der Waals surface area contributed by atoms with Crippen molar-refractivity contribution in [3.05, 3.63) is 10.4 Å². The van der Waals surface area contributed by atoms with Crippen molar-refractivity contribution in [2.24, 2.45) is 5.11 Å². The summed E-state index contributed by atoms with van der Waals surface area (Å²) in [6.07, 6.45) is 3.09. The van der Waals surface area contributed by atoms with Gasteiger partial charge in [0, 0.05) is 30.6 Å². The second kappa shape index (κ2) is 9.64. The Balaban J connectivity index is 1.98. The minimum atomic E-state index is -0.692. The molecule has 0 aromatic carbocycles. The molecule has 2 aliphatic heterocycles. The van der Waals surface area contributed by atoms with Crippen molar-refractivity contribution in [2.75, 3.05) is 26.2 Å². The van der Waals surface area contributed by atoms with E-state index < -0.39 is 17.7 Å². The fraction of sp³-hybridized carbons (Fsp3) is 0.833. The van der Waals surface area contributed by atoms with Crippen LogP contribution < -0.4 is 5.32 Å². The van der Waals surface area contributed by atoms with Crippen LogP contribution in [0.2, 0.25) is 0 Å². The Morgan fingerprint density at radius 2 is 2.00 bits per heavy atom. The van der Waals surface area contributed by atoms with Gasteiger partial charge < -0.3 is 19.9 Å². The molecule has 0 aromatic rings. The van der Waals surface area contributed by atoms with Crippen LogP contribution >= 0.6 is 0 Å². The summed E-state index contributed by atoms with van der Waals surface area (Å²) in [6.45, 7) is 6.58. The SMILES string of the molecule is CC(C)(C)OC(=O)NC1CCCCN(CC(=O)N2CCC[C@@H]2CN=[N+]=[N-])C1=O. The number of rotatable bonds is 5. The summed E-state index contributed by atoms with van der Waals surface area (Å²) >= 11 is 0. The van der Waals surface area contributed by atoms with E-state index >= 15 is 0 Å². The maximum atomic E-state index is 12.9. The van der Waals surface area contributed by atoms with E-state index in [0.29, 0.717) is 19.5 Å². The molecule has 0 saturated carbocycles. The first-order valence-corrected chi connectivity index (χ1v) is 9.80. The van der Waals surface area contributed by atoms with E-state index in [-0.39, 0.29) is 30.9 Å². The third-order valence-electron chi connectivity index (χ3n) is 4.85. The van der Waals surface area contributed by atoms with Gasteiger partial charge in [-0.25, -0.2) is 4.79 Å². The van der Waals surface area contributed by atoms with Crippen LogP contribution in [-0.4, -0.2) is 71.6 Å². The van der Waals surface area contributed by atoms with Gasteiger partial charge in [-0.05, 0) is 58.4 Å². The molecule has 1 N–H and O–H groups in total. The topological polar surface area (TPSA) is 128 Å². The van der Waals surface area contributed by atoms with Gasteiger partial charge in [0.05, 0.1) is 6.54 Å². The van der Waals surface area contributed by atoms with Crippen molar-refractivity contribution >= 4 is 17.9 Å². The molecule has 0 bridgehead atoms. The van der Waals surface area contributed by atoms with Crippen LogP contribution in [0.1, 0.15) is 52.9 Å². The lowest BCUT2D eigenvalue weighted by atomic mass is 10.1. The van der Waals surface area contributed by atoms with E-state index in [2.05, 4.69) is 15.3 Å². The Labute approximate surface area is 165 Å². The van der Waals surface area contributed by atoms with E-state index in [9.17, 15) is 14.4 Å². The molecule has 2 fully saturated rings. The van der Waals surface area contributed by atoms with Gasteiger partial charge in [0.2, 0.25) is 11.8 Å². The largest absolute Gasteiger partial charge is 0.444 e. The lowest BCUT2D eigenvalue weighted by Crippen LogP contribution is -2.51. The molecule has 1 unspecified atom stereocenters. The van der Waals surface area contributed by atoms with Crippen molar-refractivity contribution in [1.29, 1.82) is 0 Å². The molecule has 2 saturated heterocycles. The maximum absolute atomic E-state index is 12.9. The fourth-order valence-corrected chi connectivity index (χ4v) is 3.58. The number of carbonyl (C=O) groups excluding carboxylic acids is 3. The van der Waals surface area contributed by atoms with Gasteiger partial charge in [0.15, 0.2) is 0 Å². The zero-order chi connectivity index (χ0) is 20.7. The van der Waals surface area contributed by atoms with Crippen molar-refractivity contribution < 1.29 is 19.1 Å². The Morgan fingerprint density at radius 3 is 2.68 bits per heavy atom. The number of nitrogens with zero attached hydrogens (tertiary/aromatic N) is 5. The van der Waals surface area contributed by atoms with Gasteiger partial charge in [-0.1, -0.05) is 5.11 Å². The molecule has 2 rings (SSSR count). The minimum absolute atomic E-state index is 0.0297. The van der Waals surface area contributed by atoms with E-state index in [1.165, 1.54) is 4.90 Å². The Kier molecular flexibility index (Phi) is 7.51. The van der Waals surface area contributed by atoms with Gasteiger partial charge in [0.1, 0.15) is 11.6 Å². The predicted octanol–water partition coefficient (Wildman–Crippen LogP) is 2.19. The molecule has 0 spiro atoms. The molecule has 2 heterocycles. The number of azide groups is 1. The molecular weight excluding hydrogens is 364 g/mol. The third-order valence-corrected chi connectivity index (χ3v) is 4.85. The van der Waals surface area contributed by atoms with Crippen molar-refractivity contribution in [3.63, 3.8) is 0 Å². The monoisotopic (exact) mass is 394 g/mol. The number of amides is 3. The molecule has 0 aliphatic carbocycles. The Hall–Kier alpha value is -2.48. The fourth-order valence-electron chi connectivity index (χ4n) is 3.58. The van der Waals surface area contributed by atoms with E-state index in [1.54, 1.807) is 25.7 Å². The van der Waals surface area contributed by atoms with Gasteiger partial charge >= 0.3 is 6.09 Å². The molecule has 2 aliphatic rings. The zero-order valence-corrected chi connectivity index (χ0v) is 16.9. The summed E-state index contributed by atoms with van der Waals surface area (Å²) in [4.78, 5) is 43.6. The number of hydrogen-bond donors (Lipinski definition) is 1. The van der Waals surface area contributed by atoms with Crippen LogP contribution in [-0.2, 0) is 14.3 Å². The minimum Gasteiger partial charge on any atom is -0.444 e. The van der Waals surface area contributed by atoms with Crippen LogP contribution in [0.5, 0.6) is 0 Å². The van der Waals surface area contributed by atoms with Crippen molar-refractivity contribution in [3.8, 4) is 0 Å². The van der Waals surface area contributed by atoms with Gasteiger partial charge in [0.25, 0.3) is 0 Å². The summed E-state index contributed by atoms with van der Waals surface area (Å²) in [5, 5.41) is 6.22. The number of nitrogens with one attached hydrogen (secondary N) is 1. The number of alkyl carbamates (subject to hydrolysis) is 1. The summed E-state index contributed by atoms with van der Waals surface area (Å²) in [5.41, 5.74) is 7.86. The van der Waals surface area contributed by atoms with E-state index in [4.69, 9.17) is 10.3 Å². The summed E-state index contributed by atoms with van der Waals surface area (Å²) in [6, 6.07) is -0.802. The third kappa shape index (κ3) is 6.30. The molecule has 0 radical (unpaired) electrons. The molecule has 28 heavy (non-hydrogen) atoms. The highest BCUT2D eigenvalue weighted by molar-refractivity contribution is 5.90. The van der Waals surface area contributed by atoms with Gasteiger partial charge in [-0.15, -0.1) is 0 Å². The maximum Gasteiger partial charge on any atom is 0.408 e. The first-order valence-electron chi connectivity index (χ1n) is 9.80. The van der Waals surface area contributed by atoms with Crippen LogP contribution in [0.3, 0.4) is 0 Å². The van der Waals surface area contributed by atoms with E-state index in [0.717, 1.165) is 25.7 Å². The first-order chi connectivity index (χ1) is 13.2. The molecule has 10 heteroatoms. The molecule has 3 amide bonds. The second-order valence-corrected chi connectivity index (χ2v) is 8.25. The standard InChI is InChI=1S/C18H30N6O4/c1-18(2,3)28-17(27)21-14-8-4-5-9-23(16(14)26)12-15(25)24-10-6-7-13(24)11-20-22-19/h13-14H,4-12H2,1-3H3,(H,21,27)/t13-,14?/m1/s1. The summed E-state index contributed by atoms with van der Waals surface area (Å²) < 4.78 is 5.24. The van der Waals surface area contributed by atoms with E-state index in [1.807, 2.05) is 0 Å². The van der Waals surface area contributed by atoms with Crippen LogP contribution in [0.4, 0.5) is 4.79 Å². The molecule has 156 valence electrons. The number of carbonyl (C=O) groups is 3. The van der Waals surface area contributed by atoms with Crippen molar-refractivity contribution in [2.45, 2.75) is 70.6 Å². The van der Waals surface area contributed by atoms with Crippen LogP contribution in [0, 0.1) is 0 Å². The number of hydrogen-bond acceptors (Lipinski definition) is 5. The average molecular weight is 394 g/mol. The van der Waals surface area contributed by atoms with Crippen LogP contribution in [0.15, 0.2) is 5.11 Å². The molecule has 10 nitrogen and oxygen atoms in total. The highest BCUT2D eigenvalue weighted by atomic mass is 16.6. The normalized spacial score (nSPS) is 23.0. The average Bonchev–Trinajstić information content (AvgIpc) is 3.01. The lowest BCUT2D eigenvalue weighted by Gasteiger charge is -2.29. The summed E-state index contributed by atoms with van der Waals surface area (Å²) in [7, 11) is 0. The number of likely N-dealkylation sites (tertiary alicyclic amines) is 2. The smallest absolute Gasteiger partial charge is 0.408 e. The molecule has 2 atom stereocenters. The Morgan fingerprint density at radius 1 is 1.25 bits per heavy atom. The van der Waals surface area contributed by atoms with Crippen molar-refractivity contribution in [1.82, 2.24) is 15.1 Å². The van der Waals surface area contributed by atoms with Gasteiger partial charge in [-0.2, -0.15) is 0 Å². The Bertz CT molecular complexity index is 640. The van der Waals surface area contributed by atoms with Gasteiger partial charge in [-0.3, -0.25) is 9.59 Å².